The van der Waals surface area contributed by atoms with Gasteiger partial charge in [-0.1, -0.05) is 0 Å². The van der Waals surface area contributed by atoms with Gasteiger partial charge in [0, 0.05) is 6.42 Å². The van der Waals surface area contributed by atoms with E-state index in [0.717, 1.165) is 0 Å². The molecule has 3 N–H and O–H groups in total. The third-order valence-electron chi connectivity index (χ3n) is 0.989. The average molecular weight is 161 g/mol. The lowest BCUT2D eigenvalue weighted by Crippen LogP contribution is -2.33. The molecule has 0 aliphatic rings. The summed E-state index contributed by atoms with van der Waals surface area (Å²) in [7, 11) is 0. The minimum Gasteiger partial charge on any atom is -0.462 e. The molecule has 0 aliphatic carbocycles. The SMILES string of the molecule is NC(CC=O)C(=O)OCCO. The third-order valence-corrected chi connectivity index (χ3v) is 0.989. The van der Waals surface area contributed by atoms with Crippen LogP contribution in [0.3, 0.4) is 0 Å². The summed E-state index contributed by atoms with van der Waals surface area (Å²) in [6, 6.07) is -0.904. The number of aldehydes is 1. The van der Waals surface area contributed by atoms with Gasteiger partial charge in [0.15, 0.2) is 0 Å². The average Bonchev–Trinajstić information content (AvgIpc) is 2.00. The van der Waals surface area contributed by atoms with E-state index in [0.29, 0.717) is 6.29 Å². The molecule has 0 saturated heterocycles. The molecule has 5 heteroatoms. The van der Waals surface area contributed by atoms with E-state index in [9.17, 15) is 9.59 Å². The molecule has 0 aromatic rings. The van der Waals surface area contributed by atoms with E-state index in [1.165, 1.54) is 0 Å². The lowest BCUT2D eigenvalue weighted by molar-refractivity contribution is -0.146. The molecule has 0 radical (unpaired) electrons. The van der Waals surface area contributed by atoms with E-state index < -0.39 is 12.0 Å². The number of hydrogen-bond acceptors (Lipinski definition) is 5. The summed E-state index contributed by atoms with van der Waals surface area (Å²) in [5, 5.41) is 8.24. The van der Waals surface area contributed by atoms with Crippen molar-refractivity contribution < 1.29 is 19.4 Å². The molecule has 5 nitrogen and oxygen atoms in total. The number of rotatable bonds is 5. The van der Waals surface area contributed by atoms with Gasteiger partial charge in [0.2, 0.25) is 0 Å². The van der Waals surface area contributed by atoms with Crippen molar-refractivity contribution in [2.75, 3.05) is 13.2 Å². The standard InChI is InChI=1S/C6H11NO4/c7-5(1-2-8)6(10)11-4-3-9/h2,5,9H,1,3-4,7H2. The molecule has 0 heterocycles. The van der Waals surface area contributed by atoms with Crippen LogP contribution in [0.2, 0.25) is 0 Å². The van der Waals surface area contributed by atoms with Crippen LogP contribution in [-0.4, -0.2) is 36.6 Å². The van der Waals surface area contributed by atoms with E-state index in [-0.39, 0.29) is 19.6 Å². The van der Waals surface area contributed by atoms with Crippen molar-refractivity contribution in [3.8, 4) is 0 Å². The third kappa shape index (κ3) is 4.46. The van der Waals surface area contributed by atoms with Crippen LogP contribution >= 0.6 is 0 Å². The fourth-order valence-electron chi connectivity index (χ4n) is 0.453. The number of hydrogen-bond donors (Lipinski definition) is 2. The monoisotopic (exact) mass is 161 g/mol. The second-order valence-electron chi connectivity index (χ2n) is 1.90. The summed E-state index contributed by atoms with van der Waals surface area (Å²) in [4.78, 5) is 20.5. The molecule has 0 aromatic heterocycles. The Morgan fingerprint density at radius 1 is 1.73 bits per heavy atom. The van der Waals surface area contributed by atoms with Crippen LogP contribution in [0, 0.1) is 0 Å². The number of ether oxygens (including phenoxy) is 1. The Morgan fingerprint density at radius 3 is 2.82 bits per heavy atom. The molecule has 64 valence electrons. The van der Waals surface area contributed by atoms with Crippen LogP contribution < -0.4 is 5.73 Å². The summed E-state index contributed by atoms with van der Waals surface area (Å²) < 4.78 is 4.43. The van der Waals surface area contributed by atoms with Crippen LogP contribution in [-0.2, 0) is 14.3 Å². The quantitative estimate of drug-likeness (QED) is 0.376. The summed E-state index contributed by atoms with van der Waals surface area (Å²) >= 11 is 0. The molecule has 0 aromatic carbocycles. The predicted molar refractivity (Wildman–Crippen MR) is 36.7 cm³/mol. The van der Waals surface area contributed by atoms with E-state index in [1.54, 1.807) is 0 Å². The largest absolute Gasteiger partial charge is 0.462 e. The van der Waals surface area contributed by atoms with E-state index in [4.69, 9.17) is 10.8 Å². The van der Waals surface area contributed by atoms with Crippen molar-refractivity contribution >= 4 is 12.3 Å². The Balaban J connectivity index is 3.54. The molecule has 0 fully saturated rings. The normalized spacial score (nSPS) is 12.2. The van der Waals surface area contributed by atoms with Gasteiger partial charge in [0.25, 0.3) is 0 Å². The summed E-state index contributed by atoms with van der Waals surface area (Å²) in [6.07, 6.45) is 0.495. The number of aliphatic hydroxyl groups is 1. The number of aliphatic hydroxyl groups excluding tert-OH is 1. The lowest BCUT2D eigenvalue weighted by Gasteiger charge is -2.06. The fraction of sp³-hybridized carbons (Fsp3) is 0.667. The Morgan fingerprint density at radius 2 is 2.36 bits per heavy atom. The second-order valence-corrected chi connectivity index (χ2v) is 1.90. The van der Waals surface area contributed by atoms with Gasteiger partial charge in [0.05, 0.1) is 6.61 Å². The zero-order chi connectivity index (χ0) is 8.69. The number of esters is 1. The van der Waals surface area contributed by atoms with Crippen molar-refractivity contribution in [1.82, 2.24) is 0 Å². The van der Waals surface area contributed by atoms with E-state index in [2.05, 4.69) is 4.74 Å². The van der Waals surface area contributed by atoms with Crippen LogP contribution in [0.25, 0.3) is 0 Å². The minimum absolute atomic E-state index is 0.0513. The maximum Gasteiger partial charge on any atom is 0.323 e. The topological polar surface area (TPSA) is 89.6 Å². The minimum atomic E-state index is -0.904. The zero-order valence-corrected chi connectivity index (χ0v) is 6.03. The van der Waals surface area contributed by atoms with Crippen molar-refractivity contribution in [1.29, 1.82) is 0 Å². The van der Waals surface area contributed by atoms with Crippen molar-refractivity contribution in [2.24, 2.45) is 5.73 Å². The highest BCUT2D eigenvalue weighted by Gasteiger charge is 2.13. The first-order valence-electron chi connectivity index (χ1n) is 3.19. The molecular formula is C6H11NO4. The molecule has 1 unspecified atom stereocenters. The summed E-state index contributed by atoms with van der Waals surface area (Å²) in [5.41, 5.74) is 5.18. The number of carbonyl (C=O) groups excluding carboxylic acids is 2. The summed E-state index contributed by atoms with van der Waals surface area (Å²) in [6.45, 7) is -0.315. The van der Waals surface area contributed by atoms with Gasteiger partial charge >= 0.3 is 5.97 Å². The molecule has 0 amide bonds. The maximum absolute atomic E-state index is 10.7. The first kappa shape index (κ1) is 10.1. The van der Waals surface area contributed by atoms with Crippen molar-refractivity contribution in [2.45, 2.75) is 12.5 Å². The van der Waals surface area contributed by atoms with Gasteiger partial charge < -0.3 is 20.4 Å². The highest BCUT2D eigenvalue weighted by Crippen LogP contribution is 1.88. The molecular weight excluding hydrogens is 150 g/mol. The van der Waals surface area contributed by atoms with Crippen LogP contribution in [0.15, 0.2) is 0 Å². The first-order valence-corrected chi connectivity index (χ1v) is 3.19. The van der Waals surface area contributed by atoms with E-state index in [1.807, 2.05) is 0 Å². The van der Waals surface area contributed by atoms with Gasteiger partial charge in [-0.2, -0.15) is 0 Å². The predicted octanol–water partition coefficient (Wildman–Crippen LogP) is -1.56. The van der Waals surface area contributed by atoms with Crippen LogP contribution in [0.1, 0.15) is 6.42 Å². The maximum atomic E-state index is 10.7. The fourth-order valence-corrected chi connectivity index (χ4v) is 0.453. The smallest absolute Gasteiger partial charge is 0.323 e. The zero-order valence-electron chi connectivity index (χ0n) is 6.03. The van der Waals surface area contributed by atoms with Crippen molar-refractivity contribution in [3.05, 3.63) is 0 Å². The Kier molecular flexibility index (Phi) is 5.32. The molecule has 0 spiro atoms. The van der Waals surface area contributed by atoms with E-state index >= 15 is 0 Å². The first-order chi connectivity index (χ1) is 5.22. The Labute approximate surface area is 64.1 Å². The highest BCUT2D eigenvalue weighted by molar-refractivity contribution is 5.78. The number of nitrogens with two attached hydrogens (primary N) is 1. The van der Waals surface area contributed by atoms with Crippen molar-refractivity contribution in [3.63, 3.8) is 0 Å². The van der Waals surface area contributed by atoms with Gasteiger partial charge in [-0.15, -0.1) is 0 Å². The lowest BCUT2D eigenvalue weighted by atomic mass is 10.2. The molecule has 11 heavy (non-hydrogen) atoms. The van der Waals surface area contributed by atoms with Gasteiger partial charge in [-0.25, -0.2) is 0 Å². The molecule has 0 rings (SSSR count). The molecule has 0 aliphatic heterocycles. The molecule has 1 atom stereocenters. The number of carbonyl (C=O) groups is 2. The summed E-state index contributed by atoms with van der Waals surface area (Å²) in [5.74, 6) is -0.661. The Hall–Kier alpha value is -0.940. The highest BCUT2D eigenvalue weighted by atomic mass is 16.5. The second kappa shape index (κ2) is 5.82. The molecule has 0 bridgehead atoms. The van der Waals surface area contributed by atoms with Crippen LogP contribution in [0.5, 0.6) is 0 Å². The molecule has 0 saturated carbocycles. The van der Waals surface area contributed by atoms with Gasteiger partial charge in [0.1, 0.15) is 18.9 Å². The van der Waals surface area contributed by atoms with Gasteiger partial charge in [-0.3, -0.25) is 4.79 Å². The van der Waals surface area contributed by atoms with Gasteiger partial charge in [-0.05, 0) is 0 Å². The Bertz CT molecular complexity index is 137. The van der Waals surface area contributed by atoms with Crippen LogP contribution in [0.4, 0.5) is 0 Å².